The number of hydrogen-bond acceptors (Lipinski definition) is 6. The molecular formula is C65H112O6. The van der Waals surface area contributed by atoms with Gasteiger partial charge in [0.15, 0.2) is 6.10 Å². The van der Waals surface area contributed by atoms with E-state index in [0.29, 0.717) is 19.3 Å². The van der Waals surface area contributed by atoms with Gasteiger partial charge in [-0.05, 0) is 96.3 Å². The number of hydrogen-bond donors (Lipinski definition) is 0. The number of ether oxygens (including phenoxy) is 3. The highest BCUT2D eigenvalue weighted by Gasteiger charge is 2.19. The highest BCUT2D eigenvalue weighted by atomic mass is 16.6. The van der Waals surface area contributed by atoms with Crippen LogP contribution in [0.3, 0.4) is 0 Å². The van der Waals surface area contributed by atoms with Crippen LogP contribution in [0.2, 0.25) is 0 Å². The van der Waals surface area contributed by atoms with Crippen molar-refractivity contribution < 1.29 is 28.6 Å². The lowest BCUT2D eigenvalue weighted by atomic mass is 10.0. The Kier molecular flexibility index (Phi) is 56.3. The quantitative estimate of drug-likeness (QED) is 0.0261. The highest BCUT2D eigenvalue weighted by Crippen LogP contribution is 2.16. The molecule has 0 aliphatic carbocycles. The van der Waals surface area contributed by atoms with Crippen molar-refractivity contribution in [1.29, 1.82) is 0 Å². The number of unbranched alkanes of at least 4 members (excludes halogenated alkanes) is 29. The van der Waals surface area contributed by atoms with Crippen molar-refractivity contribution >= 4 is 17.9 Å². The fourth-order valence-electron chi connectivity index (χ4n) is 8.38. The molecule has 0 aliphatic heterocycles. The van der Waals surface area contributed by atoms with Crippen molar-refractivity contribution in [1.82, 2.24) is 0 Å². The van der Waals surface area contributed by atoms with E-state index in [2.05, 4.69) is 106 Å². The molecule has 0 aromatic heterocycles. The number of carbonyl (C=O) groups is 3. The summed E-state index contributed by atoms with van der Waals surface area (Å²) in [6.07, 6.45) is 77.2. The molecule has 6 heteroatoms. The van der Waals surface area contributed by atoms with Gasteiger partial charge < -0.3 is 14.2 Å². The van der Waals surface area contributed by atoms with Crippen molar-refractivity contribution in [3.8, 4) is 0 Å². The Labute approximate surface area is 439 Å². The molecule has 1 atom stereocenters. The van der Waals surface area contributed by atoms with Gasteiger partial charge in [0.1, 0.15) is 13.2 Å². The monoisotopic (exact) mass is 989 g/mol. The Morgan fingerprint density at radius 3 is 0.901 bits per heavy atom. The minimum absolute atomic E-state index is 0.0909. The lowest BCUT2D eigenvalue weighted by molar-refractivity contribution is -0.167. The molecule has 0 saturated heterocycles. The predicted octanol–water partition coefficient (Wildman–Crippen LogP) is 20.3. The maximum absolute atomic E-state index is 12.9. The average Bonchev–Trinajstić information content (AvgIpc) is 3.37. The molecule has 408 valence electrons. The molecule has 0 saturated carbocycles. The van der Waals surface area contributed by atoms with Crippen LogP contribution in [0, 0.1) is 0 Å². The van der Waals surface area contributed by atoms with Gasteiger partial charge in [-0.1, -0.05) is 260 Å². The second-order valence-electron chi connectivity index (χ2n) is 19.9. The van der Waals surface area contributed by atoms with Gasteiger partial charge in [-0.25, -0.2) is 0 Å². The molecule has 0 aliphatic rings. The lowest BCUT2D eigenvalue weighted by Gasteiger charge is -2.18. The largest absolute Gasteiger partial charge is 0.462 e. The molecule has 0 rings (SSSR count). The third-order valence-electron chi connectivity index (χ3n) is 12.9. The molecule has 0 N–H and O–H groups in total. The molecule has 0 spiro atoms. The van der Waals surface area contributed by atoms with E-state index in [0.717, 1.165) is 122 Å². The van der Waals surface area contributed by atoms with Crippen molar-refractivity contribution in [3.05, 3.63) is 85.1 Å². The van der Waals surface area contributed by atoms with E-state index in [1.165, 1.54) is 128 Å². The summed E-state index contributed by atoms with van der Waals surface area (Å²) in [5, 5.41) is 0. The molecule has 0 fully saturated rings. The Hall–Kier alpha value is -3.41. The highest BCUT2D eigenvalue weighted by molar-refractivity contribution is 5.71. The van der Waals surface area contributed by atoms with E-state index in [1.807, 2.05) is 0 Å². The van der Waals surface area contributed by atoms with Crippen molar-refractivity contribution in [3.63, 3.8) is 0 Å². The second-order valence-corrected chi connectivity index (χ2v) is 19.9. The Balaban J connectivity index is 4.42. The summed E-state index contributed by atoms with van der Waals surface area (Å²) in [5.74, 6) is -0.928. The molecule has 0 radical (unpaired) electrons. The fourth-order valence-corrected chi connectivity index (χ4v) is 8.38. The van der Waals surface area contributed by atoms with Crippen molar-refractivity contribution in [2.75, 3.05) is 13.2 Å². The second kappa shape index (κ2) is 59.2. The van der Waals surface area contributed by atoms with Crippen LogP contribution in [0.1, 0.15) is 290 Å². The Morgan fingerprint density at radius 1 is 0.296 bits per heavy atom. The molecule has 71 heavy (non-hydrogen) atoms. The van der Waals surface area contributed by atoms with Gasteiger partial charge in [0.05, 0.1) is 0 Å². The van der Waals surface area contributed by atoms with Crippen LogP contribution in [0.4, 0.5) is 0 Å². The maximum atomic E-state index is 12.9. The van der Waals surface area contributed by atoms with Gasteiger partial charge in [0.25, 0.3) is 0 Å². The van der Waals surface area contributed by atoms with Crippen LogP contribution in [-0.4, -0.2) is 37.2 Å². The molecule has 0 unspecified atom stereocenters. The zero-order valence-corrected chi connectivity index (χ0v) is 46.7. The van der Waals surface area contributed by atoms with E-state index in [9.17, 15) is 14.4 Å². The summed E-state index contributed by atoms with van der Waals surface area (Å²) in [7, 11) is 0. The van der Waals surface area contributed by atoms with Crippen LogP contribution >= 0.6 is 0 Å². The summed E-state index contributed by atoms with van der Waals surface area (Å²) in [6, 6.07) is 0. The summed E-state index contributed by atoms with van der Waals surface area (Å²) in [5.41, 5.74) is 0. The number of allylic oxidation sites excluding steroid dienone is 14. The summed E-state index contributed by atoms with van der Waals surface area (Å²) < 4.78 is 16.9. The van der Waals surface area contributed by atoms with E-state index in [4.69, 9.17) is 14.2 Å². The van der Waals surface area contributed by atoms with Crippen LogP contribution < -0.4 is 0 Å². The maximum Gasteiger partial charge on any atom is 0.306 e. The fraction of sp³-hybridized carbons (Fsp3) is 0.738. The van der Waals surface area contributed by atoms with Gasteiger partial charge in [0.2, 0.25) is 0 Å². The first-order valence-electron chi connectivity index (χ1n) is 30.1. The van der Waals surface area contributed by atoms with Gasteiger partial charge in [0, 0.05) is 19.3 Å². The van der Waals surface area contributed by atoms with E-state index in [-0.39, 0.29) is 31.1 Å². The molecule has 0 aromatic carbocycles. The predicted molar refractivity (Wildman–Crippen MR) is 307 cm³/mol. The smallest absolute Gasteiger partial charge is 0.306 e. The van der Waals surface area contributed by atoms with Crippen molar-refractivity contribution in [2.24, 2.45) is 0 Å². The summed E-state index contributed by atoms with van der Waals surface area (Å²) >= 11 is 0. The number of esters is 3. The third kappa shape index (κ3) is 57.4. The molecule has 0 aromatic rings. The van der Waals surface area contributed by atoms with E-state index >= 15 is 0 Å². The zero-order valence-electron chi connectivity index (χ0n) is 46.7. The number of rotatable bonds is 54. The normalized spacial score (nSPS) is 12.7. The summed E-state index contributed by atoms with van der Waals surface area (Å²) in [6.45, 7) is 6.49. The lowest BCUT2D eigenvalue weighted by Crippen LogP contribution is -2.30. The van der Waals surface area contributed by atoms with Crippen LogP contribution in [0.5, 0.6) is 0 Å². The molecule has 6 nitrogen and oxygen atoms in total. The number of carbonyl (C=O) groups excluding carboxylic acids is 3. The Bertz CT molecular complexity index is 1370. The third-order valence-corrected chi connectivity index (χ3v) is 12.9. The van der Waals surface area contributed by atoms with E-state index < -0.39 is 6.10 Å². The van der Waals surface area contributed by atoms with Crippen LogP contribution in [0.25, 0.3) is 0 Å². The Morgan fingerprint density at radius 2 is 0.549 bits per heavy atom. The van der Waals surface area contributed by atoms with Crippen LogP contribution in [-0.2, 0) is 28.6 Å². The van der Waals surface area contributed by atoms with Gasteiger partial charge in [-0.3, -0.25) is 14.4 Å². The molecular weight excluding hydrogens is 877 g/mol. The molecule has 0 amide bonds. The summed E-state index contributed by atoms with van der Waals surface area (Å²) in [4.78, 5) is 38.2. The minimum atomic E-state index is -0.797. The molecule has 0 heterocycles. The van der Waals surface area contributed by atoms with Gasteiger partial charge in [-0.2, -0.15) is 0 Å². The van der Waals surface area contributed by atoms with Crippen LogP contribution in [0.15, 0.2) is 85.1 Å². The molecule has 0 bridgehead atoms. The van der Waals surface area contributed by atoms with Crippen molar-refractivity contribution in [2.45, 2.75) is 297 Å². The SMILES string of the molecule is CC/C=C\C/C=C\C/C=C\C/C=C\C/C=C\CCCCCC(=O)OC[C@H](COC(=O)CCCCCCCCCCCCCCCCCCCCC)OC(=O)CCCCCCC/C=C\C/C=C\CCCCC. The van der Waals surface area contributed by atoms with E-state index in [1.54, 1.807) is 0 Å². The first kappa shape index (κ1) is 67.6. The first-order valence-corrected chi connectivity index (χ1v) is 30.1. The van der Waals surface area contributed by atoms with Gasteiger partial charge >= 0.3 is 17.9 Å². The minimum Gasteiger partial charge on any atom is -0.462 e. The zero-order chi connectivity index (χ0) is 51.4. The van der Waals surface area contributed by atoms with Gasteiger partial charge in [-0.15, -0.1) is 0 Å². The topological polar surface area (TPSA) is 78.9 Å². The first-order chi connectivity index (χ1) is 35.0. The standard InChI is InChI=1S/C65H112O6/c1-4-7-10-13-16-19-22-25-28-30-32-34-37-39-42-45-48-51-54-57-63(66)69-60-62(71-65(68)59-56-53-50-47-44-41-36-27-24-21-18-15-12-9-6-3)61-70-64(67)58-55-52-49-46-43-40-38-35-33-31-29-26-23-20-17-14-11-8-5-2/h7,10,16,18-19,21,25,27-28,32,34,36,39,42,62H,4-6,8-9,11-15,17,20,22-24,26,29-31,33,35,37-38,40-41,43-61H2,1-3H3/b10-7-,19-16-,21-18-,28-25-,34-32-,36-27-,42-39-/t62-/m1/s1. The average molecular weight is 990 g/mol.